The summed E-state index contributed by atoms with van der Waals surface area (Å²) in [5, 5.41) is 22.9. The minimum atomic E-state index is -0.300. The van der Waals surface area contributed by atoms with Gasteiger partial charge >= 0.3 is 6.03 Å². The van der Waals surface area contributed by atoms with E-state index in [1.807, 2.05) is 42.4 Å². The fourth-order valence-electron chi connectivity index (χ4n) is 6.05. The van der Waals surface area contributed by atoms with Gasteiger partial charge in [-0.2, -0.15) is 10.4 Å². The molecule has 45 heavy (non-hydrogen) atoms. The Morgan fingerprint density at radius 3 is 2.58 bits per heavy atom. The van der Waals surface area contributed by atoms with Gasteiger partial charge in [0.2, 0.25) is 5.91 Å². The van der Waals surface area contributed by atoms with Gasteiger partial charge < -0.3 is 25.8 Å². The van der Waals surface area contributed by atoms with Crippen molar-refractivity contribution in [3.8, 4) is 6.07 Å². The van der Waals surface area contributed by atoms with Gasteiger partial charge in [-0.05, 0) is 76.1 Å². The van der Waals surface area contributed by atoms with Gasteiger partial charge in [-0.1, -0.05) is 6.58 Å². The molecule has 1 aliphatic heterocycles. The van der Waals surface area contributed by atoms with Crippen molar-refractivity contribution in [3.05, 3.63) is 72.7 Å². The number of amides is 3. The van der Waals surface area contributed by atoms with Crippen LogP contribution in [0.4, 0.5) is 27.7 Å². The average molecular weight is 611 g/mol. The number of anilines is 4. The van der Waals surface area contributed by atoms with Gasteiger partial charge in [0.15, 0.2) is 0 Å². The van der Waals surface area contributed by atoms with E-state index in [4.69, 9.17) is 5.26 Å². The van der Waals surface area contributed by atoms with Gasteiger partial charge in [-0.3, -0.25) is 14.4 Å². The molecule has 1 saturated heterocycles. The molecular formula is C33H42N10O2. The Hall–Kier alpha value is -4.89. The highest BCUT2D eigenvalue weighted by molar-refractivity contribution is 6.02. The number of carbonyl (C=O) groups is 2. The Morgan fingerprint density at radius 1 is 1.13 bits per heavy atom. The number of aromatic nitrogens is 3. The molecule has 0 radical (unpaired) electrons. The van der Waals surface area contributed by atoms with Crippen LogP contribution in [0.3, 0.4) is 0 Å². The topological polar surface area (TPSA) is 134 Å². The zero-order valence-corrected chi connectivity index (χ0v) is 26.2. The Bertz CT molecular complexity index is 1540. The second-order valence-electron chi connectivity index (χ2n) is 11.9. The first-order valence-electron chi connectivity index (χ1n) is 15.4. The number of nitrogens with zero attached hydrogens (tertiary/aromatic N) is 7. The Labute approximate surface area is 264 Å². The number of nitrogens with one attached hydrogen (secondary N) is 3. The van der Waals surface area contributed by atoms with Crippen molar-refractivity contribution in [3.63, 3.8) is 0 Å². The van der Waals surface area contributed by atoms with E-state index in [1.54, 1.807) is 23.1 Å². The van der Waals surface area contributed by atoms with Crippen molar-refractivity contribution in [2.24, 2.45) is 7.05 Å². The molecule has 0 bridgehead atoms. The van der Waals surface area contributed by atoms with E-state index in [2.05, 4.69) is 62.5 Å². The average Bonchev–Trinajstić information content (AvgIpc) is 3.47. The zero-order valence-electron chi connectivity index (χ0n) is 26.2. The second kappa shape index (κ2) is 14.3. The molecule has 236 valence electrons. The largest absolute Gasteiger partial charge is 0.367 e. The quantitative estimate of drug-likeness (QED) is 0.309. The Balaban J connectivity index is 1.39. The van der Waals surface area contributed by atoms with E-state index < -0.39 is 0 Å². The number of urea groups is 1. The first kappa shape index (κ1) is 31.5. The number of hydrogen-bond acceptors (Lipinski definition) is 8. The van der Waals surface area contributed by atoms with Crippen LogP contribution < -0.4 is 25.8 Å². The highest BCUT2D eigenvalue weighted by Gasteiger charge is 2.31. The number of carbonyl (C=O) groups excluding carboxylic acids is 2. The van der Waals surface area contributed by atoms with E-state index in [0.717, 1.165) is 62.4 Å². The van der Waals surface area contributed by atoms with E-state index in [9.17, 15) is 9.59 Å². The maximum absolute atomic E-state index is 13.9. The fraction of sp³-hybridized carbons (Fsp3) is 0.424. The SMILES string of the molecule is C=CC(=O)Nc1cc(N(C(=O)NCc2cnn(C)c2)C2CCC(Nc3ccc(C#N)cn3)CC2)ccc1N1CCN(C)[C@@H](C)C1. The number of pyridine rings is 1. The monoisotopic (exact) mass is 610 g/mol. The number of rotatable bonds is 9. The molecule has 2 aliphatic rings. The molecule has 2 aromatic heterocycles. The molecule has 2 fully saturated rings. The van der Waals surface area contributed by atoms with Crippen LogP contribution in [0.2, 0.25) is 0 Å². The Kier molecular flexibility index (Phi) is 9.99. The minimum absolute atomic E-state index is 0.0525. The zero-order chi connectivity index (χ0) is 31.9. The molecule has 1 aliphatic carbocycles. The molecule has 12 heteroatoms. The van der Waals surface area contributed by atoms with Crippen LogP contribution in [-0.4, -0.2) is 76.4 Å². The smallest absolute Gasteiger partial charge is 0.322 e. The number of aryl methyl sites for hydroxylation is 1. The lowest BCUT2D eigenvalue weighted by molar-refractivity contribution is -0.111. The number of piperazine rings is 1. The van der Waals surface area contributed by atoms with Gasteiger partial charge in [-0.15, -0.1) is 0 Å². The van der Waals surface area contributed by atoms with Crippen LogP contribution in [0.1, 0.15) is 43.7 Å². The van der Waals surface area contributed by atoms with Crippen LogP contribution >= 0.6 is 0 Å². The molecule has 1 aromatic carbocycles. The fourth-order valence-corrected chi connectivity index (χ4v) is 6.05. The molecule has 3 heterocycles. The van der Waals surface area contributed by atoms with Crippen molar-refractivity contribution >= 4 is 34.8 Å². The number of benzene rings is 1. The molecule has 3 amide bonds. The third kappa shape index (κ3) is 7.80. The molecular weight excluding hydrogens is 568 g/mol. The first-order valence-corrected chi connectivity index (χ1v) is 15.4. The summed E-state index contributed by atoms with van der Waals surface area (Å²) in [5.74, 6) is 0.436. The lowest BCUT2D eigenvalue weighted by Gasteiger charge is -2.40. The lowest BCUT2D eigenvalue weighted by Crippen LogP contribution is -2.50. The summed E-state index contributed by atoms with van der Waals surface area (Å²) in [5.41, 5.74) is 3.73. The second-order valence-corrected chi connectivity index (χ2v) is 11.9. The van der Waals surface area contributed by atoms with Crippen molar-refractivity contribution in [1.29, 1.82) is 5.26 Å². The normalized spacial score (nSPS) is 20.1. The molecule has 3 aromatic rings. The summed E-state index contributed by atoms with van der Waals surface area (Å²) < 4.78 is 1.71. The van der Waals surface area contributed by atoms with Crippen molar-refractivity contribution < 1.29 is 9.59 Å². The summed E-state index contributed by atoms with van der Waals surface area (Å²) in [6.45, 7) is 8.76. The minimum Gasteiger partial charge on any atom is -0.367 e. The van der Waals surface area contributed by atoms with E-state index in [0.29, 0.717) is 29.5 Å². The van der Waals surface area contributed by atoms with E-state index in [-0.39, 0.29) is 24.0 Å². The van der Waals surface area contributed by atoms with Gasteiger partial charge in [0, 0.05) is 75.0 Å². The summed E-state index contributed by atoms with van der Waals surface area (Å²) in [6, 6.07) is 11.9. The van der Waals surface area contributed by atoms with Crippen molar-refractivity contribution in [2.45, 2.75) is 57.3 Å². The van der Waals surface area contributed by atoms with Crippen LogP contribution in [0, 0.1) is 11.3 Å². The lowest BCUT2D eigenvalue weighted by atomic mass is 9.89. The number of hydrogen-bond donors (Lipinski definition) is 3. The summed E-state index contributed by atoms with van der Waals surface area (Å²) in [6.07, 6.45) is 9.70. The van der Waals surface area contributed by atoms with Gasteiger partial charge in [0.25, 0.3) is 0 Å². The molecule has 3 N–H and O–H groups in total. The first-order chi connectivity index (χ1) is 21.7. The van der Waals surface area contributed by atoms with Crippen LogP contribution in [0.5, 0.6) is 0 Å². The van der Waals surface area contributed by atoms with Gasteiger partial charge in [-0.25, -0.2) is 9.78 Å². The predicted octanol–water partition coefficient (Wildman–Crippen LogP) is 4.09. The maximum Gasteiger partial charge on any atom is 0.322 e. The molecule has 1 saturated carbocycles. The highest BCUT2D eigenvalue weighted by atomic mass is 16.2. The third-order valence-electron chi connectivity index (χ3n) is 8.73. The third-order valence-corrected chi connectivity index (χ3v) is 8.73. The van der Waals surface area contributed by atoms with Crippen LogP contribution in [0.25, 0.3) is 0 Å². The predicted molar refractivity (Wildman–Crippen MR) is 176 cm³/mol. The maximum atomic E-state index is 13.9. The number of likely N-dealkylation sites (N-methyl/N-ethyl adjacent to an activating group) is 1. The summed E-state index contributed by atoms with van der Waals surface area (Å²) in [4.78, 5) is 37.3. The molecule has 5 rings (SSSR count). The van der Waals surface area contributed by atoms with Gasteiger partial charge in [0.05, 0.1) is 23.1 Å². The molecule has 1 atom stereocenters. The Morgan fingerprint density at radius 2 is 1.93 bits per heavy atom. The summed E-state index contributed by atoms with van der Waals surface area (Å²) in [7, 11) is 3.97. The number of nitriles is 1. The van der Waals surface area contributed by atoms with Crippen molar-refractivity contribution in [2.75, 3.05) is 47.1 Å². The molecule has 12 nitrogen and oxygen atoms in total. The van der Waals surface area contributed by atoms with E-state index in [1.165, 1.54) is 6.08 Å². The standard InChI is InChI=1S/C33H42N10O2/c1-5-32(44)39-29-16-28(11-12-30(29)42-15-14-40(3)23(2)21-42)43(33(45)36-19-25-20-37-41(4)22-25)27-9-7-26(8-10-27)38-31-13-6-24(17-34)18-35-31/h5-6,11-13,16,18,20,22-23,26-27H,1,7-10,14-15,19,21H2,2-4H3,(H,35,38)(H,36,45)(H,39,44)/t23-,26?,27?/m0/s1. The van der Waals surface area contributed by atoms with Crippen molar-refractivity contribution in [1.82, 2.24) is 25.0 Å². The van der Waals surface area contributed by atoms with Crippen LogP contribution in [0.15, 0.2) is 61.6 Å². The summed E-state index contributed by atoms with van der Waals surface area (Å²) >= 11 is 0. The van der Waals surface area contributed by atoms with Gasteiger partial charge in [0.1, 0.15) is 11.9 Å². The highest BCUT2D eigenvalue weighted by Crippen LogP contribution is 2.35. The van der Waals surface area contributed by atoms with E-state index >= 15 is 0 Å². The van der Waals surface area contributed by atoms with Crippen LogP contribution in [-0.2, 0) is 18.4 Å². The molecule has 0 unspecified atom stereocenters. The molecule has 0 spiro atoms.